The number of aromatic nitrogens is 2. The van der Waals surface area contributed by atoms with Crippen molar-refractivity contribution in [1.82, 2.24) is 9.55 Å². The van der Waals surface area contributed by atoms with E-state index in [0.29, 0.717) is 6.54 Å². The van der Waals surface area contributed by atoms with Crippen LogP contribution >= 0.6 is 15.9 Å². The van der Waals surface area contributed by atoms with Gasteiger partial charge in [-0.2, -0.15) is 0 Å². The third kappa shape index (κ3) is 1.58. The molecule has 2 rings (SSSR count). The molecule has 14 heavy (non-hydrogen) atoms. The van der Waals surface area contributed by atoms with Gasteiger partial charge in [-0.1, -0.05) is 12.1 Å². The Morgan fingerprint density at radius 3 is 2.93 bits per heavy atom. The van der Waals surface area contributed by atoms with Crippen molar-refractivity contribution in [3.8, 4) is 5.69 Å². The van der Waals surface area contributed by atoms with Crippen molar-refractivity contribution in [2.75, 3.05) is 0 Å². The van der Waals surface area contributed by atoms with E-state index in [9.17, 15) is 0 Å². The molecule has 2 N–H and O–H groups in total. The van der Waals surface area contributed by atoms with E-state index in [1.165, 1.54) is 0 Å². The second-order valence-corrected chi connectivity index (χ2v) is 3.78. The lowest BCUT2D eigenvalue weighted by atomic mass is 10.2. The topological polar surface area (TPSA) is 43.8 Å². The van der Waals surface area contributed by atoms with Gasteiger partial charge in [0.1, 0.15) is 0 Å². The first-order valence-electron chi connectivity index (χ1n) is 4.28. The van der Waals surface area contributed by atoms with Crippen LogP contribution in [0.1, 0.15) is 5.56 Å². The lowest BCUT2D eigenvalue weighted by Gasteiger charge is -2.10. The highest BCUT2D eigenvalue weighted by Gasteiger charge is 2.06. The minimum Gasteiger partial charge on any atom is -0.326 e. The van der Waals surface area contributed by atoms with Crippen molar-refractivity contribution >= 4 is 15.9 Å². The average molecular weight is 252 g/mol. The van der Waals surface area contributed by atoms with E-state index in [1.54, 1.807) is 12.5 Å². The molecule has 0 bridgehead atoms. The Labute approximate surface area is 90.7 Å². The monoisotopic (exact) mass is 251 g/mol. The number of hydrogen-bond donors (Lipinski definition) is 1. The summed E-state index contributed by atoms with van der Waals surface area (Å²) in [6.45, 7) is 0.521. The highest BCUT2D eigenvalue weighted by Crippen LogP contribution is 2.24. The largest absolute Gasteiger partial charge is 0.326 e. The van der Waals surface area contributed by atoms with Gasteiger partial charge >= 0.3 is 0 Å². The second-order valence-electron chi connectivity index (χ2n) is 2.92. The van der Waals surface area contributed by atoms with E-state index in [0.717, 1.165) is 15.7 Å². The zero-order chi connectivity index (χ0) is 9.97. The van der Waals surface area contributed by atoms with Crippen LogP contribution in [0.2, 0.25) is 0 Å². The van der Waals surface area contributed by atoms with E-state index in [-0.39, 0.29) is 0 Å². The summed E-state index contributed by atoms with van der Waals surface area (Å²) in [5, 5.41) is 0. The molecule has 0 radical (unpaired) electrons. The first-order chi connectivity index (χ1) is 6.83. The molecule has 0 saturated heterocycles. The fourth-order valence-electron chi connectivity index (χ4n) is 1.41. The maximum Gasteiger partial charge on any atom is 0.0992 e. The van der Waals surface area contributed by atoms with Crippen LogP contribution in [0.4, 0.5) is 0 Å². The van der Waals surface area contributed by atoms with Gasteiger partial charge in [0.25, 0.3) is 0 Å². The first-order valence-corrected chi connectivity index (χ1v) is 5.08. The van der Waals surface area contributed by atoms with Crippen molar-refractivity contribution in [3.63, 3.8) is 0 Å². The van der Waals surface area contributed by atoms with Gasteiger partial charge in [0.05, 0.1) is 12.0 Å². The van der Waals surface area contributed by atoms with E-state index in [2.05, 4.69) is 20.9 Å². The smallest absolute Gasteiger partial charge is 0.0992 e. The number of nitrogens with zero attached hydrogens (tertiary/aromatic N) is 2. The number of rotatable bonds is 2. The van der Waals surface area contributed by atoms with Crippen molar-refractivity contribution in [1.29, 1.82) is 0 Å². The zero-order valence-corrected chi connectivity index (χ0v) is 9.11. The van der Waals surface area contributed by atoms with Gasteiger partial charge in [0.15, 0.2) is 0 Å². The lowest BCUT2D eigenvalue weighted by Crippen LogP contribution is -2.03. The van der Waals surface area contributed by atoms with Crippen LogP contribution in [-0.2, 0) is 6.54 Å². The molecule has 0 aliphatic carbocycles. The van der Waals surface area contributed by atoms with Crippen molar-refractivity contribution in [2.45, 2.75) is 6.54 Å². The summed E-state index contributed by atoms with van der Waals surface area (Å²) in [7, 11) is 0. The lowest BCUT2D eigenvalue weighted by molar-refractivity contribution is 0.977. The fraction of sp³-hybridized carbons (Fsp3) is 0.100. The molecule has 0 aliphatic heterocycles. The Balaban J connectivity index is 2.61. The summed E-state index contributed by atoms with van der Waals surface area (Å²) < 4.78 is 2.98. The quantitative estimate of drug-likeness (QED) is 0.889. The Kier molecular flexibility index (Phi) is 2.65. The summed E-state index contributed by atoms with van der Waals surface area (Å²) in [5.74, 6) is 0. The van der Waals surface area contributed by atoms with Gasteiger partial charge in [0, 0.05) is 23.4 Å². The Bertz CT molecular complexity index is 423. The molecule has 1 aromatic heterocycles. The van der Waals surface area contributed by atoms with E-state index < -0.39 is 0 Å². The summed E-state index contributed by atoms with van der Waals surface area (Å²) >= 11 is 3.51. The predicted octanol–water partition coefficient (Wildman–Crippen LogP) is 2.09. The predicted molar refractivity (Wildman–Crippen MR) is 59.2 cm³/mol. The van der Waals surface area contributed by atoms with Gasteiger partial charge in [-0.3, -0.25) is 0 Å². The molecule has 2 aromatic rings. The van der Waals surface area contributed by atoms with Gasteiger partial charge < -0.3 is 10.3 Å². The molecule has 0 amide bonds. The van der Waals surface area contributed by atoms with Crippen LogP contribution < -0.4 is 5.73 Å². The highest BCUT2D eigenvalue weighted by molar-refractivity contribution is 9.10. The fourth-order valence-corrected chi connectivity index (χ4v) is 2.02. The maximum atomic E-state index is 5.67. The maximum absolute atomic E-state index is 5.67. The van der Waals surface area contributed by atoms with Crippen molar-refractivity contribution in [2.24, 2.45) is 5.73 Å². The number of benzene rings is 1. The summed E-state index contributed by atoms with van der Waals surface area (Å²) in [6, 6.07) is 5.99. The van der Waals surface area contributed by atoms with E-state index in [4.69, 9.17) is 5.73 Å². The molecule has 0 aliphatic rings. The van der Waals surface area contributed by atoms with Crippen LogP contribution in [0.3, 0.4) is 0 Å². The number of nitrogens with two attached hydrogens (primary N) is 1. The summed E-state index contributed by atoms with van der Waals surface area (Å²) in [6.07, 6.45) is 5.41. The Morgan fingerprint density at radius 2 is 2.29 bits per heavy atom. The van der Waals surface area contributed by atoms with E-state index in [1.807, 2.05) is 29.0 Å². The van der Waals surface area contributed by atoms with Crippen molar-refractivity contribution in [3.05, 3.63) is 47.0 Å². The number of imidazole rings is 1. The summed E-state index contributed by atoms with van der Waals surface area (Å²) in [5.41, 5.74) is 7.83. The average Bonchev–Trinajstić information content (AvgIpc) is 2.70. The van der Waals surface area contributed by atoms with Gasteiger partial charge in [-0.15, -0.1) is 0 Å². The molecule has 4 heteroatoms. The van der Waals surface area contributed by atoms with Crippen LogP contribution in [-0.4, -0.2) is 9.55 Å². The minimum atomic E-state index is 0.521. The molecule has 0 spiro atoms. The molecule has 0 fully saturated rings. The van der Waals surface area contributed by atoms with E-state index >= 15 is 0 Å². The number of para-hydroxylation sites is 1. The first kappa shape index (κ1) is 9.43. The van der Waals surface area contributed by atoms with Crippen LogP contribution in [0, 0.1) is 0 Å². The molecule has 1 heterocycles. The molecular weight excluding hydrogens is 242 g/mol. The Morgan fingerprint density at radius 1 is 1.43 bits per heavy atom. The van der Waals surface area contributed by atoms with Crippen LogP contribution in [0.15, 0.2) is 41.4 Å². The SMILES string of the molecule is NCc1cccc(Br)c1-n1ccnc1. The molecule has 72 valence electrons. The molecule has 3 nitrogen and oxygen atoms in total. The molecule has 0 atom stereocenters. The third-order valence-corrected chi connectivity index (χ3v) is 2.69. The highest BCUT2D eigenvalue weighted by atomic mass is 79.9. The van der Waals surface area contributed by atoms with Gasteiger partial charge in [-0.05, 0) is 27.6 Å². The third-order valence-electron chi connectivity index (χ3n) is 2.05. The summed E-state index contributed by atoms with van der Waals surface area (Å²) in [4.78, 5) is 4.02. The van der Waals surface area contributed by atoms with Crippen LogP contribution in [0.25, 0.3) is 5.69 Å². The van der Waals surface area contributed by atoms with Crippen LogP contribution in [0.5, 0.6) is 0 Å². The number of hydrogen-bond acceptors (Lipinski definition) is 2. The van der Waals surface area contributed by atoms with Crippen molar-refractivity contribution < 1.29 is 0 Å². The molecular formula is C10H10BrN3. The zero-order valence-electron chi connectivity index (χ0n) is 7.52. The molecule has 0 saturated carbocycles. The number of halogens is 1. The van der Waals surface area contributed by atoms with Gasteiger partial charge in [-0.25, -0.2) is 4.98 Å². The second kappa shape index (κ2) is 3.94. The molecule has 1 aromatic carbocycles. The van der Waals surface area contributed by atoms with Gasteiger partial charge in [0.2, 0.25) is 0 Å². The minimum absolute atomic E-state index is 0.521. The standard InChI is InChI=1S/C10H10BrN3/c11-9-3-1-2-8(6-12)10(9)14-5-4-13-7-14/h1-5,7H,6,12H2. The Hall–Kier alpha value is -1.13. The normalized spacial score (nSPS) is 10.4. The molecule has 0 unspecified atom stereocenters.